The van der Waals surface area contributed by atoms with Crippen LogP contribution in [0.5, 0.6) is 11.5 Å². The summed E-state index contributed by atoms with van der Waals surface area (Å²) in [7, 11) is 1.42. The molecule has 7 nitrogen and oxygen atoms in total. The summed E-state index contributed by atoms with van der Waals surface area (Å²) in [6.07, 6.45) is 5.07. The van der Waals surface area contributed by atoms with Crippen LogP contribution in [-0.2, 0) is 6.42 Å². The van der Waals surface area contributed by atoms with E-state index in [9.17, 15) is 9.18 Å². The number of fused-ring (bicyclic) bond motifs is 4. The molecule has 3 N–H and O–H groups in total. The summed E-state index contributed by atoms with van der Waals surface area (Å²) >= 11 is -0.206. The van der Waals surface area contributed by atoms with Crippen molar-refractivity contribution in [2.24, 2.45) is 0 Å². The molecular formula is C22H21FIN4O3-. The number of H-pyrrole nitrogens is 1. The first-order valence-electron chi connectivity index (χ1n) is 9.96. The second-order valence-electron chi connectivity index (χ2n) is 7.24. The van der Waals surface area contributed by atoms with E-state index in [2.05, 4.69) is 20.6 Å². The Hall–Kier alpha value is -2.82. The summed E-state index contributed by atoms with van der Waals surface area (Å²) in [5.41, 5.74) is 3.94. The number of para-hydroxylation sites is 1. The maximum absolute atomic E-state index is 14.3. The van der Waals surface area contributed by atoms with Crippen LogP contribution in [0, 0.1) is 5.82 Å². The summed E-state index contributed by atoms with van der Waals surface area (Å²) in [6, 6.07) is 6.51. The van der Waals surface area contributed by atoms with Gasteiger partial charge in [-0.1, -0.05) is 0 Å². The Labute approximate surface area is 189 Å². The normalized spacial score (nSPS) is 17.9. The van der Waals surface area contributed by atoms with Crippen molar-refractivity contribution < 1.29 is 39.9 Å². The van der Waals surface area contributed by atoms with Crippen LogP contribution in [0.2, 0.25) is 0 Å². The molecule has 162 valence electrons. The molecule has 1 aromatic carbocycles. The predicted molar refractivity (Wildman–Crippen MR) is 110 cm³/mol. The summed E-state index contributed by atoms with van der Waals surface area (Å²) in [6.45, 7) is 0.597. The third kappa shape index (κ3) is 3.71. The van der Waals surface area contributed by atoms with Gasteiger partial charge in [-0.05, 0) is 0 Å². The van der Waals surface area contributed by atoms with Crippen molar-refractivity contribution in [3.8, 4) is 22.8 Å². The number of alkyl halides is 2. The second kappa shape index (κ2) is 8.37. The third-order valence-electron chi connectivity index (χ3n) is 5.29. The fourth-order valence-electron chi connectivity index (χ4n) is 3.92. The molecule has 1 amide bonds. The van der Waals surface area contributed by atoms with E-state index in [0.29, 0.717) is 35.0 Å². The zero-order chi connectivity index (χ0) is 21.4. The van der Waals surface area contributed by atoms with Crippen molar-refractivity contribution in [3.63, 3.8) is 0 Å². The van der Waals surface area contributed by atoms with Gasteiger partial charge >= 0.3 is 189 Å². The van der Waals surface area contributed by atoms with E-state index in [4.69, 9.17) is 9.47 Å². The number of ether oxygens (including phenoxy) is 2. The van der Waals surface area contributed by atoms with Crippen molar-refractivity contribution in [1.82, 2.24) is 15.3 Å². The zero-order valence-electron chi connectivity index (χ0n) is 16.8. The topological polar surface area (TPSA) is 88.3 Å². The van der Waals surface area contributed by atoms with Crippen molar-refractivity contribution in [2.75, 3.05) is 23.5 Å². The molecular weight excluding hydrogens is 514 g/mol. The van der Waals surface area contributed by atoms with Crippen molar-refractivity contribution >= 4 is 17.3 Å². The van der Waals surface area contributed by atoms with Gasteiger partial charge in [0.2, 0.25) is 0 Å². The Morgan fingerprint density at radius 3 is 3.13 bits per heavy atom. The molecule has 31 heavy (non-hydrogen) atoms. The van der Waals surface area contributed by atoms with E-state index in [1.807, 2.05) is 6.07 Å². The maximum atomic E-state index is 14.3. The number of pyridine rings is 1. The first kappa shape index (κ1) is 20.1. The number of carbonyl (C=O) groups excluding carboxylic acids is 1. The summed E-state index contributed by atoms with van der Waals surface area (Å²) in [5.74, 6) is 0.132. The molecule has 0 spiro atoms. The molecule has 1 atom stereocenters. The predicted octanol–water partition coefficient (Wildman–Crippen LogP) is 0.452. The van der Waals surface area contributed by atoms with Gasteiger partial charge in [0, 0.05) is 0 Å². The zero-order valence-corrected chi connectivity index (χ0v) is 19.0. The molecule has 0 saturated carbocycles. The number of nitrogens with zero attached hydrogens (tertiary/aromatic N) is 1. The molecule has 0 unspecified atom stereocenters. The second-order valence-corrected chi connectivity index (χ2v) is 10.7. The Morgan fingerprint density at radius 2 is 2.26 bits per heavy atom. The Balaban J connectivity index is 1.71. The van der Waals surface area contributed by atoms with Crippen LogP contribution in [-0.4, -0.2) is 38.1 Å². The number of methoxy groups -OCH3 is 1. The van der Waals surface area contributed by atoms with E-state index in [-0.39, 0.29) is 36.9 Å². The monoisotopic (exact) mass is 535 g/mol. The van der Waals surface area contributed by atoms with Crippen molar-refractivity contribution in [3.05, 3.63) is 53.7 Å². The molecule has 2 aromatic heterocycles. The number of hydrogen-bond acceptors (Lipinski definition) is 5. The first-order chi connectivity index (χ1) is 15.2. The van der Waals surface area contributed by atoms with Gasteiger partial charge in [-0.25, -0.2) is 0 Å². The van der Waals surface area contributed by atoms with Crippen LogP contribution in [0.3, 0.4) is 0 Å². The number of amides is 1. The summed E-state index contributed by atoms with van der Waals surface area (Å²) in [4.78, 5) is 20.8. The van der Waals surface area contributed by atoms with Gasteiger partial charge in [-0.15, -0.1) is 0 Å². The average Bonchev–Trinajstić information content (AvgIpc) is 3.12. The molecule has 0 saturated heterocycles. The third-order valence-corrected chi connectivity index (χ3v) is 8.49. The summed E-state index contributed by atoms with van der Waals surface area (Å²) in [5, 5.41) is 6.43. The molecule has 9 heteroatoms. The van der Waals surface area contributed by atoms with Crippen LogP contribution in [0.15, 0.2) is 36.7 Å². The number of hydrogen-bond donors (Lipinski definition) is 3. The van der Waals surface area contributed by atoms with Gasteiger partial charge in [0.15, 0.2) is 0 Å². The van der Waals surface area contributed by atoms with Crippen LogP contribution in [0.1, 0.15) is 22.5 Å². The Kier molecular flexibility index (Phi) is 5.43. The van der Waals surface area contributed by atoms with Crippen LogP contribution in [0.25, 0.3) is 11.3 Å². The van der Waals surface area contributed by atoms with Crippen molar-refractivity contribution in [1.29, 1.82) is 0 Å². The summed E-state index contributed by atoms with van der Waals surface area (Å²) < 4.78 is 26.9. The number of nitrogens with one attached hydrogen (secondary N) is 3. The van der Waals surface area contributed by atoms with Gasteiger partial charge < -0.3 is 0 Å². The quantitative estimate of drug-likeness (QED) is 0.258. The Morgan fingerprint density at radius 1 is 1.35 bits per heavy atom. The van der Waals surface area contributed by atoms with E-state index in [1.165, 1.54) is 13.2 Å². The number of rotatable bonds is 3. The Bertz CT molecular complexity index is 1150. The number of benzene rings is 1. The van der Waals surface area contributed by atoms with E-state index in [0.717, 1.165) is 28.5 Å². The standard InChI is InChI=1S/C22H21FIN4O3/c1-30-21-13(23)4-2-5-14(21)26-20-18-15-10-17(28-22(18)29)24-7-3-9-31-16-11-25-8-6-12(16)19(20)27-15/h2,4-6,8,11,17,26-27H,3,7,9-10H2,1H3,(H,28,29)/q-1/t17-/m1/s1. The number of aromatic nitrogens is 2. The van der Waals surface area contributed by atoms with E-state index in [1.54, 1.807) is 24.5 Å². The minimum atomic E-state index is -0.480. The molecule has 2 aliphatic rings. The van der Waals surface area contributed by atoms with Crippen LogP contribution < -0.4 is 41.3 Å². The van der Waals surface area contributed by atoms with Gasteiger partial charge in [-0.2, -0.15) is 0 Å². The molecule has 0 fully saturated rings. The van der Waals surface area contributed by atoms with Crippen molar-refractivity contribution in [2.45, 2.75) is 16.9 Å². The molecule has 0 aliphatic carbocycles. The number of carbonyl (C=O) groups is 1. The molecule has 3 bridgehead atoms. The number of halogens is 2. The molecule has 2 aliphatic heterocycles. The average molecular weight is 535 g/mol. The minimum absolute atomic E-state index is 0.0903. The molecule has 4 heterocycles. The molecule has 0 radical (unpaired) electrons. The van der Waals surface area contributed by atoms with Gasteiger partial charge in [0.25, 0.3) is 0 Å². The fourth-order valence-corrected chi connectivity index (χ4v) is 6.68. The SMILES string of the molecule is COc1c(F)cccc1Nc1c2[nH]c3c1C(=O)N[C@H](C3)[I-]CCCOc1cnccc1-2. The van der Waals surface area contributed by atoms with Crippen LogP contribution in [0.4, 0.5) is 15.8 Å². The van der Waals surface area contributed by atoms with E-state index < -0.39 is 5.82 Å². The first-order valence-corrected chi connectivity index (χ1v) is 12.7. The van der Waals surface area contributed by atoms with Crippen LogP contribution >= 0.6 is 0 Å². The van der Waals surface area contributed by atoms with Gasteiger partial charge in [0.1, 0.15) is 0 Å². The fraction of sp³-hybridized carbons (Fsp3) is 0.273. The number of anilines is 2. The number of aromatic amines is 1. The molecule has 3 aromatic rings. The van der Waals surface area contributed by atoms with Gasteiger partial charge in [-0.3, -0.25) is 0 Å². The van der Waals surface area contributed by atoms with E-state index >= 15 is 0 Å². The van der Waals surface area contributed by atoms with Gasteiger partial charge in [0.05, 0.1) is 0 Å². The molecule has 5 rings (SSSR count).